The summed E-state index contributed by atoms with van der Waals surface area (Å²) in [4.78, 5) is 0. The summed E-state index contributed by atoms with van der Waals surface area (Å²) in [6.07, 6.45) is 3.77. The van der Waals surface area contributed by atoms with E-state index in [0.29, 0.717) is 0 Å². The lowest BCUT2D eigenvalue weighted by atomic mass is 10.1. The number of para-hydroxylation sites is 1. The molecule has 3 rings (SSSR count). The van der Waals surface area contributed by atoms with E-state index in [1.54, 1.807) is 0 Å². The highest BCUT2D eigenvalue weighted by atomic mass is 35.5. The Morgan fingerprint density at radius 2 is 1.95 bits per heavy atom. The number of hydrogen-bond donors (Lipinski definition) is 1. The molecule has 0 spiro atoms. The van der Waals surface area contributed by atoms with Crippen molar-refractivity contribution in [2.24, 2.45) is 0 Å². The van der Waals surface area contributed by atoms with E-state index in [2.05, 4.69) is 36.5 Å². The molecule has 0 saturated carbocycles. The van der Waals surface area contributed by atoms with Crippen molar-refractivity contribution in [2.45, 2.75) is 32.7 Å². The van der Waals surface area contributed by atoms with E-state index in [1.807, 2.05) is 12.1 Å². The van der Waals surface area contributed by atoms with Crippen molar-refractivity contribution in [2.75, 3.05) is 5.32 Å². The second-order valence-electron chi connectivity index (χ2n) is 5.24. The van der Waals surface area contributed by atoms with E-state index < -0.39 is 0 Å². The maximum atomic E-state index is 6.23. The monoisotopic (exact) mass is 271 g/mol. The number of nitrogens with one attached hydrogen (secondary N) is 1. The van der Waals surface area contributed by atoms with E-state index in [0.717, 1.165) is 17.3 Å². The van der Waals surface area contributed by atoms with Gasteiger partial charge in [-0.2, -0.15) is 0 Å². The maximum Gasteiger partial charge on any atom is 0.0640 e. The van der Waals surface area contributed by atoms with E-state index >= 15 is 0 Å². The normalized spacial score (nSPS) is 13.4. The van der Waals surface area contributed by atoms with Gasteiger partial charge in [0.1, 0.15) is 0 Å². The first-order chi connectivity index (χ1) is 9.24. The van der Waals surface area contributed by atoms with Gasteiger partial charge in [-0.3, -0.25) is 0 Å². The molecule has 0 bridgehead atoms. The van der Waals surface area contributed by atoms with Crippen LogP contribution in [-0.2, 0) is 19.4 Å². The van der Waals surface area contributed by atoms with E-state index in [-0.39, 0.29) is 0 Å². The summed E-state index contributed by atoms with van der Waals surface area (Å²) in [6, 6.07) is 12.8. The van der Waals surface area contributed by atoms with Crippen LogP contribution >= 0.6 is 11.6 Å². The average Bonchev–Trinajstić information content (AvgIpc) is 2.85. The quantitative estimate of drug-likeness (QED) is 0.849. The topological polar surface area (TPSA) is 12.0 Å². The minimum Gasteiger partial charge on any atom is -0.380 e. The molecule has 2 aromatic carbocycles. The Morgan fingerprint density at radius 3 is 2.79 bits per heavy atom. The van der Waals surface area contributed by atoms with Crippen molar-refractivity contribution in [1.29, 1.82) is 0 Å². The van der Waals surface area contributed by atoms with Gasteiger partial charge in [-0.15, -0.1) is 0 Å². The number of halogens is 1. The summed E-state index contributed by atoms with van der Waals surface area (Å²) in [6.45, 7) is 2.91. The molecular weight excluding hydrogens is 254 g/mol. The maximum absolute atomic E-state index is 6.23. The number of hydrogen-bond acceptors (Lipinski definition) is 1. The summed E-state index contributed by atoms with van der Waals surface area (Å²) in [7, 11) is 0. The van der Waals surface area contributed by atoms with Crippen LogP contribution in [0.4, 0.5) is 5.69 Å². The van der Waals surface area contributed by atoms with Crippen LogP contribution in [0.5, 0.6) is 0 Å². The number of rotatable bonds is 3. The summed E-state index contributed by atoms with van der Waals surface area (Å²) in [5.74, 6) is 0. The van der Waals surface area contributed by atoms with E-state index in [4.69, 9.17) is 11.6 Å². The van der Waals surface area contributed by atoms with Crippen LogP contribution in [0.3, 0.4) is 0 Å². The van der Waals surface area contributed by atoms with E-state index in [9.17, 15) is 0 Å². The van der Waals surface area contributed by atoms with Gasteiger partial charge in [0.25, 0.3) is 0 Å². The molecule has 0 radical (unpaired) electrons. The summed E-state index contributed by atoms with van der Waals surface area (Å²) in [5, 5.41) is 4.25. The zero-order valence-corrected chi connectivity index (χ0v) is 11.9. The molecule has 1 aliphatic carbocycles. The van der Waals surface area contributed by atoms with Crippen LogP contribution in [0.1, 0.15) is 28.7 Å². The Hall–Kier alpha value is -1.47. The molecule has 0 saturated heterocycles. The first-order valence-corrected chi connectivity index (χ1v) is 7.21. The molecule has 2 heteroatoms. The molecule has 19 heavy (non-hydrogen) atoms. The molecule has 0 aliphatic heterocycles. The lowest BCUT2D eigenvalue weighted by Gasteiger charge is -2.12. The van der Waals surface area contributed by atoms with Gasteiger partial charge in [-0.05, 0) is 54.5 Å². The van der Waals surface area contributed by atoms with Gasteiger partial charge >= 0.3 is 0 Å². The van der Waals surface area contributed by atoms with Crippen LogP contribution in [-0.4, -0.2) is 0 Å². The third-order valence-electron chi connectivity index (χ3n) is 3.85. The lowest BCUT2D eigenvalue weighted by molar-refractivity contribution is 0.911. The lowest BCUT2D eigenvalue weighted by Crippen LogP contribution is -2.02. The van der Waals surface area contributed by atoms with Gasteiger partial charge in [0, 0.05) is 6.54 Å². The Balaban J connectivity index is 1.76. The summed E-state index contributed by atoms with van der Waals surface area (Å²) < 4.78 is 0. The fourth-order valence-corrected chi connectivity index (χ4v) is 3.07. The fraction of sp³-hybridized carbons (Fsp3) is 0.294. The van der Waals surface area contributed by atoms with Crippen LogP contribution in [0.25, 0.3) is 0 Å². The predicted octanol–water partition coefficient (Wildman–Crippen LogP) is 4.75. The zero-order valence-electron chi connectivity index (χ0n) is 11.2. The highest BCUT2D eigenvalue weighted by Gasteiger charge is 2.11. The third-order valence-corrected chi connectivity index (χ3v) is 4.17. The number of anilines is 1. The molecule has 0 fully saturated rings. The van der Waals surface area contributed by atoms with Crippen molar-refractivity contribution in [3.63, 3.8) is 0 Å². The van der Waals surface area contributed by atoms with Crippen LogP contribution in [0.2, 0.25) is 5.02 Å². The molecule has 1 aliphatic rings. The average molecular weight is 272 g/mol. The first-order valence-electron chi connectivity index (χ1n) is 6.84. The number of fused-ring (bicyclic) bond motifs is 1. The standard InChI is InChI=1S/C17H18ClN/c1-12-4-2-7-16(18)17(12)19-11-13-8-9-14-5-3-6-15(14)10-13/h2,4,7-10,19H,3,5-6,11H2,1H3. The molecule has 0 atom stereocenters. The highest BCUT2D eigenvalue weighted by Crippen LogP contribution is 2.27. The van der Waals surface area contributed by atoms with Crippen LogP contribution < -0.4 is 5.32 Å². The largest absolute Gasteiger partial charge is 0.380 e. The zero-order chi connectivity index (χ0) is 13.2. The van der Waals surface area contributed by atoms with Gasteiger partial charge in [-0.1, -0.05) is 41.9 Å². The van der Waals surface area contributed by atoms with Gasteiger partial charge in [0.15, 0.2) is 0 Å². The van der Waals surface area contributed by atoms with Crippen LogP contribution in [0, 0.1) is 6.92 Å². The summed E-state index contributed by atoms with van der Waals surface area (Å²) in [5.41, 5.74) is 6.62. The highest BCUT2D eigenvalue weighted by molar-refractivity contribution is 6.33. The van der Waals surface area contributed by atoms with Gasteiger partial charge in [-0.25, -0.2) is 0 Å². The van der Waals surface area contributed by atoms with Crippen molar-refractivity contribution in [1.82, 2.24) is 0 Å². The third kappa shape index (κ3) is 2.62. The van der Waals surface area contributed by atoms with Gasteiger partial charge in [0.2, 0.25) is 0 Å². The number of benzene rings is 2. The van der Waals surface area contributed by atoms with Crippen molar-refractivity contribution in [3.8, 4) is 0 Å². The van der Waals surface area contributed by atoms with E-state index in [1.165, 1.54) is 41.5 Å². The molecule has 1 nitrogen and oxygen atoms in total. The first kappa shape index (κ1) is 12.6. The second-order valence-corrected chi connectivity index (χ2v) is 5.65. The molecule has 0 aromatic heterocycles. The Kier molecular flexibility index (Phi) is 3.48. The molecule has 98 valence electrons. The molecule has 0 heterocycles. The van der Waals surface area contributed by atoms with Gasteiger partial charge in [0.05, 0.1) is 10.7 Å². The van der Waals surface area contributed by atoms with Gasteiger partial charge < -0.3 is 5.32 Å². The SMILES string of the molecule is Cc1cccc(Cl)c1NCc1ccc2c(c1)CCC2. The molecule has 1 N–H and O–H groups in total. The molecule has 2 aromatic rings. The smallest absolute Gasteiger partial charge is 0.0640 e. The molecule has 0 unspecified atom stereocenters. The van der Waals surface area contributed by atoms with Crippen molar-refractivity contribution < 1.29 is 0 Å². The minimum atomic E-state index is 0.793. The Bertz CT molecular complexity index is 584. The van der Waals surface area contributed by atoms with Crippen LogP contribution in [0.15, 0.2) is 36.4 Å². The Labute approximate surface area is 119 Å². The predicted molar refractivity (Wildman–Crippen MR) is 82.0 cm³/mol. The van der Waals surface area contributed by atoms with Crippen molar-refractivity contribution in [3.05, 3.63) is 63.7 Å². The molecular formula is C17H18ClN. The fourth-order valence-electron chi connectivity index (χ4n) is 2.78. The van der Waals surface area contributed by atoms with Crippen molar-refractivity contribution >= 4 is 17.3 Å². The Morgan fingerprint density at radius 1 is 1.11 bits per heavy atom. The minimum absolute atomic E-state index is 0.793. The molecule has 0 amide bonds. The summed E-state index contributed by atoms with van der Waals surface area (Å²) >= 11 is 6.23. The second kappa shape index (κ2) is 5.26. The number of aryl methyl sites for hydroxylation is 3.